The first-order chi connectivity index (χ1) is 11.7. The summed E-state index contributed by atoms with van der Waals surface area (Å²) in [6.07, 6.45) is 14.8. The molecule has 1 N–H and O–H groups in total. The minimum Gasteiger partial charge on any atom is -0.481 e. The number of carbonyl (C=O) groups is 1. The molecule has 4 rings (SSSR count). The van der Waals surface area contributed by atoms with Gasteiger partial charge >= 0.3 is 5.97 Å². The SMILES string of the molecule is O=C(O)C1CCc2sc(C(C3CCCCC3)n3ccnc3)cc2C1. The zero-order valence-corrected chi connectivity index (χ0v) is 14.7. The fourth-order valence-electron chi connectivity index (χ4n) is 4.41. The Morgan fingerprint density at radius 2 is 2.12 bits per heavy atom. The van der Waals surface area contributed by atoms with Gasteiger partial charge in [0, 0.05) is 22.1 Å². The summed E-state index contributed by atoms with van der Waals surface area (Å²) >= 11 is 1.91. The normalized spacial score (nSPS) is 22.9. The van der Waals surface area contributed by atoms with Gasteiger partial charge in [-0.05, 0) is 49.7 Å². The van der Waals surface area contributed by atoms with Crippen molar-refractivity contribution in [1.29, 1.82) is 0 Å². The maximum Gasteiger partial charge on any atom is 0.306 e. The highest BCUT2D eigenvalue weighted by molar-refractivity contribution is 7.12. The molecular formula is C19H24N2O2S. The standard InChI is InChI=1S/C19H24N2O2S/c22-19(23)14-6-7-16-15(10-14)11-17(24-16)18(21-9-8-20-12-21)13-4-2-1-3-5-13/h8-9,11-14,18H,1-7,10H2,(H,22,23). The third kappa shape index (κ3) is 3.02. The Hall–Kier alpha value is -1.62. The molecule has 0 bridgehead atoms. The summed E-state index contributed by atoms with van der Waals surface area (Å²) in [6, 6.07) is 2.67. The van der Waals surface area contributed by atoms with Crippen LogP contribution >= 0.6 is 11.3 Å². The number of carboxylic acid groups (broad SMARTS) is 1. The number of aryl methyl sites for hydroxylation is 1. The van der Waals surface area contributed by atoms with E-state index in [0.29, 0.717) is 18.4 Å². The number of imidazole rings is 1. The molecule has 0 spiro atoms. The molecule has 1 saturated carbocycles. The monoisotopic (exact) mass is 344 g/mol. The molecule has 128 valence electrons. The number of aromatic nitrogens is 2. The first kappa shape index (κ1) is 15.9. The van der Waals surface area contributed by atoms with E-state index in [4.69, 9.17) is 0 Å². The number of thiophene rings is 1. The van der Waals surface area contributed by atoms with Crippen LogP contribution < -0.4 is 0 Å². The largest absolute Gasteiger partial charge is 0.481 e. The molecule has 2 aliphatic carbocycles. The van der Waals surface area contributed by atoms with Crippen molar-refractivity contribution in [1.82, 2.24) is 9.55 Å². The van der Waals surface area contributed by atoms with E-state index in [1.54, 1.807) is 0 Å². The van der Waals surface area contributed by atoms with E-state index >= 15 is 0 Å². The average molecular weight is 344 g/mol. The van der Waals surface area contributed by atoms with Gasteiger partial charge in [0.15, 0.2) is 0 Å². The molecule has 4 nitrogen and oxygen atoms in total. The maximum absolute atomic E-state index is 11.3. The van der Waals surface area contributed by atoms with Crippen LogP contribution in [-0.2, 0) is 17.6 Å². The first-order valence-corrected chi connectivity index (χ1v) is 9.85. The molecule has 24 heavy (non-hydrogen) atoms. The van der Waals surface area contributed by atoms with E-state index < -0.39 is 5.97 Å². The lowest BCUT2D eigenvalue weighted by atomic mass is 9.82. The van der Waals surface area contributed by atoms with Gasteiger partial charge in [0.1, 0.15) is 0 Å². The average Bonchev–Trinajstić information content (AvgIpc) is 3.25. The lowest BCUT2D eigenvalue weighted by molar-refractivity contribution is -0.142. The minimum absolute atomic E-state index is 0.207. The molecule has 0 radical (unpaired) electrons. The molecule has 2 heterocycles. The second-order valence-electron chi connectivity index (χ2n) is 7.23. The Kier molecular flexibility index (Phi) is 4.44. The van der Waals surface area contributed by atoms with Crippen LogP contribution in [0.5, 0.6) is 0 Å². The van der Waals surface area contributed by atoms with Crippen molar-refractivity contribution in [2.75, 3.05) is 0 Å². The molecule has 1 fully saturated rings. The number of fused-ring (bicyclic) bond motifs is 1. The Bertz CT molecular complexity index is 701. The van der Waals surface area contributed by atoms with Crippen LogP contribution in [-0.4, -0.2) is 20.6 Å². The van der Waals surface area contributed by atoms with Crippen LogP contribution in [0.4, 0.5) is 0 Å². The van der Waals surface area contributed by atoms with Crippen molar-refractivity contribution < 1.29 is 9.90 Å². The van der Waals surface area contributed by atoms with Gasteiger partial charge in [0.05, 0.1) is 18.3 Å². The van der Waals surface area contributed by atoms with E-state index in [-0.39, 0.29) is 5.92 Å². The summed E-state index contributed by atoms with van der Waals surface area (Å²) in [5.41, 5.74) is 1.27. The fraction of sp³-hybridized carbons (Fsp3) is 0.579. The number of hydrogen-bond donors (Lipinski definition) is 1. The van der Waals surface area contributed by atoms with Crippen LogP contribution in [0.2, 0.25) is 0 Å². The summed E-state index contributed by atoms with van der Waals surface area (Å²) in [6.45, 7) is 0. The third-order valence-electron chi connectivity index (χ3n) is 5.69. The Balaban J connectivity index is 1.65. The molecule has 2 aromatic heterocycles. The van der Waals surface area contributed by atoms with Gasteiger partial charge in [0.25, 0.3) is 0 Å². The smallest absolute Gasteiger partial charge is 0.306 e. The quantitative estimate of drug-likeness (QED) is 0.899. The van der Waals surface area contributed by atoms with E-state index in [2.05, 4.69) is 21.8 Å². The Labute approximate surface area is 146 Å². The topological polar surface area (TPSA) is 55.1 Å². The van der Waals surface area contributed by atoms with Gasteiger partial charge in [0.2, 0.25) is 0 Å². The molecule has 2 unspecified atom stereocenters. The lowest BCUT2D eigenvalue weighted by Crippen LogP contribution is -2.21. The Morgan fingerprint density at radius 3 is 2.83 bits per heavy atom. The highest BCUT2D eigenvalue weighted by Crippen LogP contribution is 2.42. The molecule has 0 aromatic carbocycles. The van der Waals surface area contributed by atoms with E-state index in [1.165, 1.54) is 47.4 Å². The van der Waals surface area contributed by atoms with Crippen LogP contribution in [0, 0.1) is 11.8 Å². The molecule has 0 amide bonds. The summed E-state index contributed by atoms with van der Waals surface area (Å²) in [5.74, 6) is -0.184. The zero-order valence-electron chi connectivity index (χ0n) is 13.9. The van der Waals surface area contributed by atoms with Crippen molar-refractivity contribution in [2.45, 2.75) is 57.4 Å². The number of hydrogen-bond acceptors (Lipinski definition) is 3. The minimum atomic E-state index is -0.646. The van der Waals surface area contributed by atoms with E-state index in [0.717, 1.165) is 12.8 Å². The number of rotatable bonds is 4. The molecule has 2 aromatic rings. The van der Waals surface area contributed by atoms with Crippen LogP contribution in [0.15, 0.2) is 24.8 Å². The third-order valence-corrected chi connectivity index (χ3v) is 6.99. The fourth-order valence-corrected chi connectivity index (χ4v) is 5.82. The van der Waals surface area contributed by atoms with Crippen molar-refractivity contribution in [3.63, 3.8) is 0 Å². The number of aliphatic carboxylic acids is 1. The number of nitrogens with zero attached hydrogens (tertiary/aromatic N) is 2. The van der Waals surface area contributed by atoms with Crippen molar-refractivity contribution in [3.05, 3.63) is 40.1 Å². The van der Waals surface area contributed by atoms with Gasteiger partial charge in [-0.3, -0.25) is 4.79 Å². The second kappa shape index (κ2) is 6.71. The zero-order chi connectivity index (χ0) is 16.5. The molecular weight excluding hydrogens is 320 g/mol. The second-order valence-corrected chi connectivity index (χ2v) is 8.40. The summed E-state index contributed by atoms with van der Waals surface area (Å²) in [7, 11) is 0. The van der Waals surface area contributed by atoms with E-state index in [9.17, 15) is 9.90 Å². The predicted molar refractivity (Wildman–Crippen MR) is 94.4 cm³/mol. The molecule has 0 saturated heterocycles. The predicted octanol–water partition coefficient (Wildman–Crippen LogP) is 4.30. The summed E-state index contributed by atoms with van der Waals surface area (Å²) < 4.78 is 2.27. The number of carboxylic acids is 1. The van der Waals surface area contributed by atoms with Crippen molar-refractivity contribution in [3.8, 4) is 0 Å². The van der Waals surface area contributed by atoms with E-state index in [1.807, 2.05) is 23.9 Å². The molecule has 5 heteroatoms. The maximum atomic E-state index is 11.3. The van der Waals surface area contributed by atoms with Gasteiger partial charge in [-0.1, -0.05) is 19.3 Å². The highest BCUT2D eigenvalue weighted by Gasteiger charge is 2.31. The van der Waals surface area contributed by atoms with Crippen LogP contribution in [0.25, 0.3) is 0 Å². The van der Waals surface area contributed by atoms with Gasteiger partial charge in [-0.15, -0.1) is 11.3 Å². The van der Waals surface area contributed by atoms with Crippen LogP contribution in [0.3, 0.4) is 0 Å². The lowest BCUT2D eigenvalue weighted by Gasteiger charge is -2.30. The van der Waals surface area contributed by atoms with Gasteiger partial charge in [-0.2, -0.15) is 0 Å². The van der Waals surface area contributed by atoms with Crippen molar-refractivity contribution in [2.24, 2.45) is 11.8 Å². The molecule has 2 atom stereocenters. The first-order valence-electron chi connectivity index (χ1n) is 9.04. The van der Waals surface area contributed by atoms with Crippen LogP contribution in [0.1, 0.15) is 59.9 Å². The van der Waals surface area contributed by atoms with Crippen molar-refractivity contribution >= 4 is 17.3 Å². The molecule has 2 aliphatic rings. The van der Waals surface area contributed by atoms with Gasteiger partial charge in [-0.25, -0.2) is 4.98 Å². The molecule has 0 aliphatic heterocycles. The summed E-state index contributed by atoms with van der Waals surface area (Å²) in [5, 5.41) is 9.32. The van der Waals surface area contributed by atoms with Gasteiger partial charge < -0.3 is 9.67 Å². The highest BCUT2D eigenvalue weighted by atomic mass is 32.1. The summed E-state index contributed by atoms with van der Waals surface area (Å²) in [4.78, 5) is 18.4. The Morgan fingerprint density at radius 1 is 1.29 bits per heavy atom.